The molecule has 1 N–H and O–H groups in total. The molecule has 3 aromatic rings. The number of halogens is 1. The summed E-state index contributed by atoms with van der Waals surface area (Å²) >= 11 is 5.35. The molecule has 0 radical (unpaired) electrons. The molecule has 0 spiro atoms. The second kappa shape index (κ2) is 5.54. The van der Waals surface area contributed by atoms with E-state index in [-0.39, 0.29) is 6.04 Å². The number of hydrogen-bond acceptors (Lipinski definition) is 3. The number of hydrogen-bond donors (Lipinski definition) is 1. The molecule has 0 saturated heterocycles. The maximum absolute atomic E-state index is 4.66. The van der Waals surface area contributed by atoms with E-state index in [9.17, 15) is 0 Å². The summed E-state index contributed by atoms with van der Waals surface area (Å²) in [5, 5.41) is 6.84. The molecule has 2 nitrogen and oxygen atoms in total. The highest BCUT2D eigenvalue weighted by molar-refractivity contribution is 9.10. The first kappa shape index (κ1) is 13.6. The predicted molar refractivity (Wildman–Crippen MR) is 90.5 cm³/mol. The van der Waals surface area contributed by atoms with E-state index in [2.05, 4.69) is 68.9 Å². The van der Waals surface area contributed by atoms with E-state index < -0.39 is 0 Å². The van der Waals surface area contributed by atoms with Gasteiger partial charge < -0.3 is 5.32 Å². The Balaban J connectivity index is 1.98. The average molecular weight is 347 g/mol. The van der Waals surface area contributed by atoms with Crippen LogP contribution in [0.25, 0.3) is 10.9 Å². The van der Waals surface area contributed by atoms with E-state index >= 15 is 0 Å². The first-order valence-electron chi connectivity index (χ1n) is 6.51. The number of anilines is 1. The molecule has 4 heteroatoms. The maximum atomic E-state index is 4.66. The van der Waals surface area contributed by atoms with Crippen LogP contribution in [0, 0.1) is 6.92 Å². The number of aryl methyl sites for hydroxylation is 1. The summed E-state index contributed by atoms with van der Waals surface area (Å²) in [4.78, 5) is 5.96. The Labute approximate surface area is 131 Å². The minimum absolute atomic E-state index is 0.247. The lowest BCUT2D eigenvalue weighted by molar-refractivity contribution is 0.904. The first-order valence-corrected chi connectivity index (χ1v) is 8.18. The van der Waals surface area contributed by atoms with Crippen LogP contribution in [0.5, 0.6) is 0 Å². The van der Waals surface area contributed by atoms with E-state index in [1.807, 2.05) is 13.0 Å². The first-order chi connectivity index (χ1) is 9.65. The van der Waals surface area contributed by atoms with Crippen LogP contribution in [-0.4, -0.2) is 4.98 Å². The van der Waals surface area contributed by atoms with E-state index in [4.69, 9.17) is 0 Å². The molecule has 2 aromatic heterocycles. The van der Waals surface area contributed by atoms with Gasteiger partial charge in [0.2, 0.25) is 0 Å². The molecule has 102 valence electrons. The Morgan fingerprint density at radius 2 is 2.05 bits per heavy atom. The van der Waals surface area contributed by atoms with Crippen LogP contribution in [0.1, 0.15) is 23.5 Å². The molecule has 3 rings (SSSR count). The van der Waals surface area contributed by atoms with Crippen LogP contribution < -0.4 is 5.32 Å². The summed E-state index contributed by atoms with van der Waals surface area (Å²) in [6, 6.07) is 12.8. The second-order valence-electron chi connectivity index (χ2n) is 4.83. The third kappa shape index (κ3) is 2.58. The molecular formula is C16H15BrN2S. The molecule has 0 aliphatic rings. The Morgan fingerprint density at radius 3 is 2.80 bits per heavy atom. The van der Waals surface area contributed by atoms with Crippen molar-refractivity contribution < 1.29 is 0 Å². The van der Waals surface area contributed by atoms with Crippen LogP contribution in [0.4, 0.5) is 5.69 Å². The summed E-state index contributed by atoms with van der Waals surface area (Å²) in [6.07, 6.45) is 0. The van der Waals surface area contributed by atoms with Crippen LogP contribution in [0.2, 0.25) is 0 Å². The monoisotopic (exact) mass is 346 g/mol. The van der Waals surface area contributed by atoms with Crippen molar-refractivity contribution in [1.82, 2.24) is 4.98 Å². The summed E-state index contributed by atoms with van der Waals surface area (Å²) in [6.45, 7) is 4.20. The lowest BCUT2D eigenvalue weighted by Gasteiger charge is -2.16. The van der Waals surface area contributed by atoms with Crippen molar-refractivity contribution in [1.29, 1.82) is 0 Å². The highest BCUT2D eigenvalue weighted by Crippen LogP contribution is 2.32. The SMILES string of the molecule is Cc1ccc2cccc(NC(C)c3sccc3Br)c2n1. The number of fused-ring (bicyclic) bond motifs is 1. The number of nitrogens with zero attached hydrogens (tertiary/aromatic N) is 1. The van der Waals surface area contributed by atoms with E-state index in [1.165, 1.54) is 4.88 Å². The number of nitrogens with one attached hydrogen (secondary N) is 1. The minimum atomic E-state index is 0.247. The molecule has 0 saturated carbocycles. The molecule has 0 aliphatic heterocycles. The smallest absolute Gasteiger partial charge is 0.0936 e. The Kier molecular flexibility index (Phi) is 3.76. The molecule has 0 bridgehead atoms. The van der Waals surface area contributed by atoms with Gasteiger partial charge in [0.05, 0.1) is 17.2 Å². The number of rotatable bonds is 3. The van der Waals surface area contributed by atoms with Crippen molar-refractivity contribution in [2.45, 2.75) is 19.9 Å². The molecule has 1 atom stereocenters. The van der Waals surface area contributed by atoms with Gasteiger partial charge in [-0.3, -0.25) is 4.98 Å². The van der Waals surface area contributed by atoms with Gasteiger partial charge in [-0.05, 0) is 53.4 Å². The van der Waals surface area contributed by atoms with Crippen molar-refractivity contribution in [2.75, 3.05) is 5.32 Å². The highest BCUT2D eigenvalue weighted by Gasteiger charge is 2.12. The Hall–Kier alpha value is -1.39. The van der Waals surface area contributed by atoms with Gasteiger partial charge in [0.1, 0.15) is 0 Å². The van der Waals surface area contributed by atoms with Crippen molar-refractivity contribution in [3.63, 3.8) is 0 Å². The van der Waals surface area contributed by atoms with Gasteiger partial charge in [0, 0.05) is 20.4 Å². The summed E-state index contributed by atoms with van der Waals surface area (Å²) < 4.78 is 1.16. The van der Waals surface area contributed by atoms with Gasteiger partial charge in [-0.15, -0.1) is 11.3 Å². The molecule has 20 heavy (non-hydrogen) atoms. The number of benzene rings is 1. The molecule has 0 fully saturated rings. The average Bonchev–Trinajstić information content (AvgIpc) is 2.86. The second-order valence-corrected chi connectivity index (χ2v) is 6.63. The molecular weight excluding hydrogens is 332 g/mol. The van der Waals surface area contributed by atoms with E-state index in [0.717, 1.165) is 26.8 Å². The summed E-state index contributed by atoms with van der Waals surface area (Å²) in [5.74, 6) is 0. The van der Waals surface area contributed by atoms with E-state index in [1.54, 1.807) is 11.3 Å². The molecule has 2 heterocycles. The topological polar surface area (TPSA) is 24.9 Å². The highest BCUT2D eigenvalue weighted by atomic mass is 79.9. The molecule has 0 amide bonds. The fourth-order valence-corrected chi connectivity index (χ4v) is 4.00. The normalized spacial score (nSPS) is 12.6. The Bertz CT molecular complexity index is 751. The lowest BCUT2D eigenvalue weighted by atomic mass is 10.1. The summed E-state index contributed by atoms with van der Waals surface area (Å²) in [7, 11) is 0. The van der Waals surface area contributed by atoms with Crippen molar-refractivity contribution in [2.24, 2.45) is 0 Å². The van der Waals surface area contributed by atoms with Crippen LogP contribution in [0.3, 0.4) is 0 Å². The fraction of sp³-hybridized carbons (Fsp3) is 0.188. The van der Waals surface area contributed by atoms with Gasteiger partial charge in [0.15, 0.2) is 0 Å². The predicted octanol–water partition coefficient (Wildman–Crippen LogP) is 5.54. The number of para-hydroxylation sites is 1. The van der Waals surface area contributed by atoms with Gasteiger partial charge in [-0.2, -0.15) is 0 Å². The third-order valence-electron chi connectivity index (χ3n) is 3.27. The number of pyridine rings is 1. The zero-order valence-corrected chi connectivity index (χ0v) is 13.8. The molecule has 0 aliphatic carbocycles. The largest absolute Gasteiger partial charge is 0.376 e. The lowest BCUT2D eigenvalue weighted by Crippen LogP contribution is -2.06. The van der Waals surface area contributed by atoms with Gasteiger partial charge in [-0.1, -0.05) is 18.2 Å². The van der Waals surface area contributed by atoms with Gasteiger partial charge in [0.25, 0.3) is 0 Å². The van der Waals surface area contributed by atoms with Crippen molar-refractivity contribution in [3.8, 4) is 0 Å². The number of aromatic nitrogens is 1. The molecule has 1 aromatic carbocycles. The standard InChI is InChI=1S/C16H15BrN2S/c1-10-6-7-12-4-3-5-14(15(12)18-10)19-11(2)16-13(17)8-9-20-16/h3-9,11,19H,1-2H3. The quantitative estimate of drug-likeness (QED) is 0.673. The minimum Gasteiger partial charge on any atom is -0.376 e. The number of thiophene rings is 1. The summed E-state index contributed by atoms with van der Waals surface area (Å²) in [5.41, 5.74) is 3.16. The zero-order valence-electron chi connectivity index (χ0n) is 11.4. The van der Waals surface area contributed by atoms with Crippen LogP contribution >= 0.6 is 27.3 Å². The maximum Gasteiger partial charge on any atom is 0.0936 e. The van der Waals surface area contributed by atoms with Crippen molar-refractivity contribution in [3.05, 3.63) is 56.8 Å². The third-order valence-corrected chi connectivity index (χ3v) is 5.32. The Morgan fingerprint density at radius 1 is 1.20 bits per heavy atom. The van der Waals surface area contributed by atoms with Gasteiger partial charge in [-0.25, -0.2) is 0 Å². The van der Waals surface area contributed by atoms with Crippen LogP contribution in [0.15, 0.2) is 46.3 Å². The zero-order chi connectivity index (χ0) is 14.1. The van der Waals surface area contributed by atoms with E-state index in [0.29, 0.717) is 0 Å². The molecule has 1 unspecified atom stereocenters. The van der Waals surface area contributed by atoms with Crippen molar-refractivity contribution >= 4 is 43.9 Å². The fourth-order valence-electron chi connectivity index (χ4n) is 2.27. The van der Waals surface area contributed by atoms with Crippen LogP contribution in [-0.2, 0) is 0 Å². The van der Waals surface area contributed by atoms with Gasteiger partial charge >= 0.3 is 0 Å².